The zero-order valence-electron chi connectivity index (χ0n) is 21.1. The minimum Gasteiger partial charge on any atom is -0.343 e. The van der Waals surface area contributed by atoms with Crippen LogP contribution in [0, 0.1) is 6.92 Å². The maximum absolute atomic E-state index is 13.3. The van der Waals surface area contributed by atoms with E-state index >= 15 is 0 Å². The first kappa shape index (κ1) is 25.7. The average Bonchev–Trinajstić information content (AvgIpc) is 3.23. The van der Waals surface area contributed by atoms with Crippen molar-refractivity contribution in [2.75, 3.05) is 25.4 Å². The van der Waals surface area contributed by atoms with Crippen molar-refractivity contribution in [2.24, 2.45) is 0 Å². The van der Waals surface area contributed by atoms with Gasteiger partial charge in [-0.2, -0.15) is 0 Å². The lowest BCUT2D eigenvalue weighted by molar-refractivity contribution is -0.132. The molecular weight excluding hydrogens is 512 g/mol. The Balaban J connectivity index is 1.18. The average molecular weight is 543 g/mol. The predicted molar refractivity (Wildman–Crippen MR) is 143 cm³/mol. The fraction of sp³-hybridized carbons (Fsp3) is 0.444. The topological polar surface area (TPSA) is 92.6 Å². The molecule has 0 radical (unpaired) electrons. The number of hydrogen-bond acceptors (Lipinski definition) is 5. The lowest BCUT2D eigenvalue weighted by Gasteiger charge is -2.40. The van der Waals surface area contributed by atoms with Gasteiger partial charge in [0.2, 0.25) is 5.91 Å². The highest BCUT2D eigenvalue weighted by molar-refractivity contribution is 7.91. The Morgan fingerprint density at radius 3 is 2.49 bits per heavy atom. The molecule has 0 spiro atoms. The van der Waals surface area contributed by atoms with Crippen molar-refractivity contribution in [1.82, 2.24) is 19.4 Å². The van der Waals surface area contributed by atoms with E-state index in [-0.39, 0.29) is 34.9 Å². The van der Waals surface area contributed by atoms with E-state index in [0.29, 0.717) is 49.6 Å². The minimum absolute atomic E-state index is 0.0252. The third kappa shape index (κ3) is 4.99. The molecule has 0 saturated carbocycles. The van der Waals surface area contributed by atoms with Gasteiger partial charge in [0.1, 0.15) is 11.5 Å². The number of amides is 2. The summed E-state index contributed by atoms with van der Waals surface area (Å²) in [4.78, 5) is 34.6. The van der Waals surface area contributed by atoms with Crippen LogP contribution in [-0.4, -0.2) is 71.0 Å². The van der Waals surface area contributed by atoms with E-state index < -0.39 is 9.84 Å². The zero-order chi connectivity index (χ0) is 26.3. The van der Waals surface area contributed by atoms with Crippen LogP contribution in [0.2, 0.25) is 5.02 Å². The van der Waals surface area contributed by atoms with Crippen molar-refractivity contribution < 1.29 is 18.0 Å². The number of piperidine rings is 1. The number of likely N-dealkylation sites (tertiary alicyclic amines) is 1. The normalized spacial score (nSPS) is 16.9. The summed E-state index contributed by atoms with van der Waals surface area (Å²) in [5.74, 6) is 0.501. The van der Waals surface area contributed by atoms with Gasteiger partial charge in [0, 0.05) is 43.7 Å². The summed E-state index contributed by atoms with van der Waals surface area (Å²) in [6.07, 6.45) is 2.02. The van der Waals surface area contributed by atoms with E-state index in [1.807, 2.05) is 23.3 Å². The fourth-order valence-electron chi connectivity index (χ4n) is 5.49. The molecule has 2 aromatic carbocycles. The molecule has 0 bridgehead atoms. The minimum atomic E-state index is -3.61. The maximum atomic E-state index is 13.3. The largest absolute Gasteiger partial charge is 0.343 e. The smallest absolute Gasteiger partial charge is 0.272 e. The molecule has 1 fully saturated rings. The summed E-state index contributed by atoms with van der Waals surface area (Å²) in [5, 5.41) is 2.24. The molecule has 2 aliphatic heterocycles. The van der Waals surface area contributed by atoms with Crippen LogP contribution in [0.5, 0.6) is 0 Å². The molecule has 0 unspecified atom stereocenters. The summed E-state index contributed by atoms with van der Waals surface area (Å²) < 4.78 is 27.9. The summed E-state index contributed by atoms with van der Waals surface area (Å²) in [6.45, 7) is 6.35. The monoisotopic (exact) mass is 542 g/mol. The number of imidazole rings is 1. The molecule has 3 heterocycles. The van der Waals surface area contributed by atoms with E-state index in [2.05, 4.69) is 4.98 Å². The standard InChI is InChI=1S/C27H31ClN4O4S/c1-3-24-26-27(34)32(14-13-31(26)18(2)29-24)22-8-11-30(12-9-22)25(33)10-15-37(35,36)23-7-5-19-16-21(28)6-4-20(19)17-23/h4-7,16-17,22H,3,8-15H2,1-2H3. The SMILES string of the molecule is CCc1nc(C)n2c1C(=O)N(C1CCN(C(=O)CCS(=O)(=O)c3ccc4cc(Cl)ccc4c3)CC1)CC2. The van der Waals surface area contributed by atoms with Crippen molar-refractivity contribution in [1.29, 1.82) is 0 Å². The summed E-state index contributed by atoms with van der Waals surface area (Å²) in [7, 11) is -3.61. The first-order chi connectivity index (χ1) is 17.7. The number of sulfone groups is 1. The van der Waals surface area contributed by atoms with Crippen LogP contribution in [0.1, 0.15) is 48.2 Å². The second-order valence-electron chi connectivity index (χ2n) is 9.79. The zero-order valence-corrected chi connectivity index (χ0v) is 22.7. The van der Waals surface area contributed by atoms with Gasteiger partial charge in [-0.15, -0.1) is 0 Å². The Morgan fingerprint density at radius 2 is 1.76 bits per heavy atom. The molecule has 10 heteroatoms. The van der Waals surface area contributed by atoms with Crippen LogP contribution in [0.3, 0.4) is 0 Å². The van der Waals surface area contributed by atoms with Gasteiger partial charge in [-0.3, -0.25) is 9.59 Å². The summed E-state index contributed by atoms with van der Waals surface area (Å²) in [6, 6.07) is 10.3. The van der Waals surface area contributed by atoms with Gasteiger partial charge < -0.3 is 14.4 Å². The number of rotatable bonds is 6. The molecule has 1 aromatic heterocycles. The highest BCUT2D eigenvalue weighted by Gasteiger charge is 2.35. The Kier molecular flexibility index (Phi) is 7.02. The van der Waals surface area contributed by atoms with Gasteiger partial charge in [-0.05, 0) is 61.2 Å². The van der Waals surface area contributed by atoms with Crippen molar-refractivity contribution in [3.8, 4) is 0 Å². The van der Waals surface area contributed by atoms with Gasteiger partial charge in [-0.1, -0.05) is 30.7 Å². The summed E-state index contributed by atoms with van der Waals surface area (Å²) >= 11 is 6.02. The third-order valence-electron chi connectivity index (χ3n) is 7.57. The van der Waals surface area contributed by atoms with E-state index in [0.717, 1.165) is 28.8 Å². The van der Waals surface area contributed by atoms with E-state index in [4.69, 9.17) is 11.6 Å². The van der Waals surface area contributed by atoms with Crippen molar-refractivity contribution >= 4 is 44.0 Å². The van der Waals surface area contributed by atoms with Gasteiger partial charge in [0.15, 0.2) is 9.84 Å². The molecule has 8 nitrogen and oxygen atoms in total. The van der Waals surface area contributed by atoms with Crippen molar-refractivity contribution in [3.63, 3.8) is 0 Å². The molecule has 0 atom stereocenters. The third-order valence-corrected chi connectivity index (χ3v) is 9.52. The van der Waals surface area contributed by atoms with Crippen molar-refractivity contribution in [3.05, 3.63) is 58.6 Å². The lowest BCUT2D eigenvalue weighted by atomic mass is 10.0. The van der Waals surface area contributed by atoms with Crippen LogP contribution in [-0.2, 0) is 27.6 Å². The molecule has 5 rings (SSSR count). The number of aryl methyl sites for hydroxylation is 2. The molecule has 1 saturated heterocycles. The van der Waals surface area contributed by atoms with Gasteiger partial charge in [0.05, 0.1) is 16.3 Å². The molecule has 2 amide bonds. The van der Waals surface area contributed by atoms with Gasteiger partial charge in [0.25, 0.3) is 5.91 Å². The van der Waals surface area contributed by atoms with Crippen LogP contribution in [0.4, 0.5) is 0 Å². The summed E-state index contributed by atoms with van der Waals surface area (Å²) in [5.41, 5.74) is 1.54. The number of fused-ring (bicyclic) bond motifs is 2. The number of nitrogens with zero attached hydrogens (tertiary/aromatic N) is 4. The number of benzene rings is 2. The number of carbonyl (C=O) groups is 2. The fourth-order valence-corrected chi connectivity index (χ4v) is 6.93. The maximum Gasteiger partial charge on any atom is 0.272 e. The Labute approximate surface area is 222 Å². The van der Waals surface area contributed by atoms with Gasteiger partial charge >= 0.3 is 0 Å². The Hall–Kier alpha value is -2.91. The Bertz CT molecular complexity index is 1480. The van der Waals surface area contributed by atoms with Crippen LogP contribution in [0.15, 0.2) is 41.3 Å². The highest BCUT2D eigenvalue weighted by Crippen LogP contribution is 2.26. The van der Waals surface area contributed by atoms with E-state index in [1.54, 1.807) is 41.3 Å². The molecule has 37 heavy (non-hydrogen) atoms. The molecule has 0 aliphatic carbocycles. The number of halogens is 1. The second kappa shape index (κ2) is 10.1. The lowest BCUT2D eigenvalue weighted by Crippen LogP contribution is -2.52. The number of carbonyl (C=O) groups excluding carboxylic acids is 2. The van der Waals surface area contributed by atoms with E-state index in [1.165, 1.54) is 0 Å². The number of hydrogen-bond donors (Lipinski definition) is 0. The van der Waals surface area contributed by atoms with Crippen LogP contribution in [0.25, 0.3) is 10.8 Å². The first-order valence-corrected chi connectivity index (χ1v) is 14.8. The Morgan fingerprint density at radius 1 is 1.05 bits per heavy atom. The van der Waals surface area contributed by atoms with Gasteiger partial charge in [-0.25, -0.2) is 13.4 Å². The molecular formula is C27H31ClN4O4S. The second-order valence-corrected chi connectivity index (χ2v) is 12.3. The molecule has 2 aliphatic rings. The molecule has 3 aromatic rings. The molecule has 0 N–H and O–H groups in total. The molecule has 196 valence electrons. The van der Waals surface area contributed by atoms with Crippen LogP contribution < -0.4 is 0 Å². The first-order valence-electron chi connectivity index (χ1n) is 12.7. The van der Waals surface area contributed by atoms with Crippen molar-refractivity contribution in [2.45, 2.75) is 57.0 Å². The predicted octanol–water partition coefficient (Wildman–Crippen LogP) is 3.87. The van der Waals surface area contributed by atoms with Crippen LogP contribution >= 0.6 is 11.6 Å². The number of aromatic nitrogens is 2. The quantitative estimate of drug-likeness (QED) is 0.471. The van der Waals surface area contributed by atoms with E-state index in [9.17, 15) is 18.0 Å². The highest BCUT2D eigenvalue weighted by atomic mass is 35.5.